The molecule has 0 heterocycles. The van der Waals surface area contributed by atoms with Crippen molar-refractivity contribution < 1.29 is 19.4 Å². The Hall–Kier alpha value is -2.82. The van der Waals surface area contributed by atoms with E-state index in [4.69, 9.17) is 4.74 Å². The van der Waals surface area contributed by atoms with Crippen LogP contribution in [0.25, 0.3) is 0 Å². The van der Waals surface area contributed by atoms with Crippen LogP contribution in [-0.2, 0) is 22.4 Å². The Morgan fingerprint density at radius 2 is 1.85 bits per heavy atom. The standard InChI is InChI=1S/C22H27NO4/c1-3-27-20-10-7-17(8-11-20)9-12-21(24)23-15-19(22(25)26)14-18-6-4-5-16(2)13-18/h4-8,10-11,13,19H,3,9,12,14-15H2,1-2H3,(H,23,24)(H,25,26). The van der Waals surface area contributed by atoms with Gasteiger partial charge in [-0.25, -0.2) is 0 Å². The zero-order chi connectivity index (χ0) is 19.6. The molecule has 0 aliphatic rings. The second-order valence-corrected chi connectivity index (χ2v) is 6.61. The Morgan fingerprint density at radius 3 is 2.48 bits per heavy atom. The third kappa shape index (κ3) is 7.13. The number of carbonyl (C=O) groups is 2. The number of hydrogen-bond donors (Lipinski definition) is 2. The highest BCUT2D eigenvalue weighted by Crippen LogP contribution is 2.14. The first-order valence-corrected chi connectivity index (χ1v) is 9.24. The molecule has 0 spiro atoms. The smallest absolute Gasteiger partial charge is 0.308 e. The van der Waals surface area contributed by atoms with Gasteiger partial charge in [-0.05, 0) is 49.9 Å². The molecule has 0 saturated carbocycles. The van der Waals surface area contributed by atoms with Crippen molar-refractivity contribution in [1.29, 1.82) is 0 Å². The first-order valence-electron chi connectivity index (χ1n) is 9.24. The van der Waals surface area contributed by atoms with E-state index in [1.165, 1.54) is 0 Å². The molecule has 2 aromatic carbocycles. The maximum absolute atomic E-state index is 12.1. The van der Waals surface area contributed by atoms with Crippen LogP contribution in [-0.4, -0.2) is 30.1 Å². The normalized spacial score (nSPS) is 11.6. The molecular formula is C22H27NO4. The fourth-order valence-corrected chi connectivity index (χ4v) is 2.87. The van der Waals surface area contributed by atoms with Crippen LogP contribution in [0.4, 0.5) is 0 Å². The van der Waals surface area contributed by atoms with Gasteiger partial charge < -0.3 is 15.2 Å². The zero-order valence-electron chi connectivity index (χ0n) is 15.9. The maximum Gasteiger partial charge on any atom is 0.308 e. The van der Waals surface area contributed by atoms with E-state index in [9.17, 15) is 14.7 Å². The molecule has 5 heteroatoms. The number of nitrogens with one attached hydrogen (secondary N) is 1. The summed E-state index contributed by atoms with van der Waals surface area (Å²) in [5, 5.41) is 12.2. The lowest BCUT2D eigenvalue weighted by molar-refractivity contribution is -0.141. The van der Waals surface area contributed by atoms with Crippen LogP contribution in [0.3, 0.4) is 0 Å². The van der Waals surface area contributed by atoms with Crippen molar-refractivity contribution in [3.8, 4) is 5.75 Å². The highest BCUT2D eigenvalue weighted by atomic mass is 16.5. The fraction of sp³-hybridized carbons (Fsp3) is 0.364. The molecule has 1 amide bonds. The largest absolute Gasteiger partial charge is 0.494 e. The molecule has 2 aromatic rings. The van der Waals surface area contributed by atoms with Gasteiger partial charge in [-0.1, -0.05) is 42.0 Å². The minimum absolute atomic E-state index is 0.130. The Morgan fingerprint density at radius 1 is 1.11 bits per heavy atom. The van der Waals surface area contributed by atoms with E-state index >= 15 is 0 Å². The summed E-state index contributed by atoms with van der Waals surface area (Å²) in [6.07, 6.45) is 1.33. The van der Waals surface area contributed by atoms with Crippen LogP contribution in [0.5, 0.6) is 5.75 Å². The van der Waals surface area contributed by atoms with E-state index in [0.717, 1.165) is 22.4 Å². The summed E-state index contributed by atoms with van der Waals surface area (Å²) in [6, 6.07) is 15.4. The molecule has 0 fully saturated rings. The second kappa shape index (κ2) is 10.4. The predicted molar refractivity (Wildman–Crippen MR) is 105 cm³/mol. The predicted octanol–water partition coefficient (Wildman–Crippen LogP) is 3.39. The first kappa shape index (κ1) is 20.5. The Kier molecular flexibility index (Phi) is 7.86. The second-order valence-electron chi connectivity index (χ2n) is 6.61. The monoisotopic (exact) mass is 369 g/mol. The van der Waals surface area contributed by atoms with E-state index < -0.39 is 11.9 Å². The van der Waals surface area contributed by atoms with Gasteiger partial charge in [-0.3, -0.25) is 9.59 Å². The van der Waals surface area contributed by atoms with Crippen LogP contribution in [0.15, 0.2) is 48.5 Å². The third-order valence-corrected chi connectivity index (χ3v) is 4.33. The Bertz CT molecular complexity index is 755. The van der Waals surface area contributed by atoms with E-state index in [-0.39, 0.29) is 12.5 Å². The highest BCUT2D eigenvalue weighted by molar-refractivity contribution is 5.77. The van der Waals surface area contributed by atoms with E-state index in [0.29, 0.717) is 25.9 Å². The van der Waals surface area contributed by atoms with E-state index in [1.807, 2.05) is 62.4 Å². The molecule has 1 unspecified atom stereocenters. The molecule has 27 heavy (non-hydrogen) atoms. The van der Waals surface area contributed by atoms with Gasteiger partial charge in [0.1, 0.15) is 5.75 Å². The summed E-state index contributed by atoms with van der Waals surface area (Å²) in [5.74, 6) is -0.866. The van der Waals surface area contributed by atoms with Crippen LogP contribution < -0.4 is 10.1 Å². The van der Waals surface area contributed by atoms with E-state index in [1.54, 1.807) is 0 Å². The van der Waals surface area contributed by atoms with Crippen molar-refractivity contribution in [2.24, 2.45) is 5.92 Å². The van der Waals surface area contributed by atoms with Crippen molar-refractivity contribution in [2.75, 3.05) is 13.2 Å². The van der Waals surface area contributed by atoms with E-state index in [2.05, 4.69) is 5.32 Å². The number of carbonyl (C=O) groups excluding carboxylic acids is 1. The SMILES string of the molecule is CCOc1ccc(CCC(=O)NCC(Cc2cccc(C)c2)C(=O)O)cc1. The maximum atomic E-state index is 12.1. The fourth-order valence-electron chi connectivity index (χ4n) is 2.87. The van der Waals surface area contributed by atoms with Gasteiger partial charge in [-0.15, -0.1) is 0 Å². The molecule has 0 aliphatic heterocycles. The van der Waals surface area contributed by atoms with Gasteiger partial charge in [0.15, 0.2) is 0 Å². The number of carboxylic acids is 1. The molecule has 2 N–H and O–H groups in total. The van der Waals surface area contributed by atoms with Gasteiger partial charge in [0.25, 0.3) is 0 Å². The average molecular weight is 369 g/mol. The molecule has 0 bridgehead atoms. The van der Waals surface area contributed by atoms with Crippen molar-refractivity contribution in [3.05, 3.63) is 65.2 Å². The number of ether oxygens (including phenoxy) is 1. The van der Waals surface area contributed by atoms with Gasteiger partial charge in [0, 0.05) is 13.0 Å². The molecule has 5 nitrogen and oxygen atoms in total. The Labute approximate surface area is 160 Å². The summed E-state index contributed by atoms with van der Waals surface area (Å²) < 4.78 is 5.40. The Balaban J connectivity index is 1.80. The quantitative estimate of drug-likeness (QED) is 0.673. The molecule has 0 aromatic heterocycles. The van der Waals surface area contributed by atoms with Crippen molar-refractivity contribution in [1.82, 2.24) is 5.32 Å². The lowest BCUT2D eigenvalue weighted by Gasteiger charge is -2.14. The summed E-state index contributed by atoms with van der Waals surface area (Å²) in [6.45, 7) is 4.66. The van der Waals surface area contributed by atoms with Crippen LogP contribution in [0.1, 0.15) is 30.0 Å². The van der Waals surface area contributed by atoms with Crippen LogP contribution in [0.2, 0.25) is 0 Å². The van der Waals surface area contributed by atoms with Crippen molar-refractivity contribution in [2.45, 2.75) is 33.1 Å². The van der Waals surface area contributed by atoms with Gasteiger partial charge >= 0.3 is 5.97 Å². The lowest BCUT2D eigenvalue weighted by Crippen LogP contribution is -2.34. The summed E-state index contributed by atoms with van der Waals surface area (Å²) >= 11 is 0. The molecule has 0 radical (unpaired) electrons. The van der Waals surface area contributed by atoms with Gasteiger partial charge in [0.2, 0.25) is 5.91 Å². The number of hydrogen-bond acceptors (Lipinski definition) is 3. The average Bonchev–Trinajstić information content (AvgIpc) is 2.64. The number of aryl methyl sites for hydroxylation is 2. The zero-order valence-corrected chi connectivity index (χ0v) is 15.9. The number of rotatable bonds is 10. The number of aliphatic carboxylic acids is 1. The van der Waals surface area contributed by atoms with Crippen molar-refractivity contribution in [3.63, 3.8) is 0 Å². The van der Waals surface area contributed by atoms with Crippen molar-refractivity contribution >= 4 is 11.9 Å². The highest BCUT2D eigenvalue weighted by Gasteiger charge is 2.19. The van der Waals surface area contributed by atoms with Gasteiger partial charge in [-0.2, -0.15) is 0 Å². The summed E-state index contributed by atoms with van der Waals surface area (Å²) in [5.41, 5.74) is 3.10. The third-order valence-electron chi connectivity index (χ3n) is 4.33. The molecule has 1 atom stereocenters. The first-order chi connectivity index (χ1) is 13.0. The molecule has 0 aliphatic carbocycles. The number of amides is 1. The van der Waals surface area contributed by atoms with Crippen LogP contribution in [0, 0.1) is 12.8 Å². The number of benzene rings is 2. The molecule has 0 saturated heterocycles. The summed E-state index contributed by atoms with van der Waals surface area (Å²) in [4.78, 5) is 23.6. The minimum atomic E-state index is -0.900. The van der Waals surface area contributed by atoms with Crippen LogP contribution >= 0.6 is 0 Å². The summed E-state index contributed by atoms with van der Waals surface area (Å²) in [7, 11) is 0. The lowest BCUT2D eigenvalue weighted by atomic mass is 9.98. The molecular weight excluding hydrogens is 342 g/mol. The minimum Gasteiger partial charge on any atom is -0.494 e. The van der Waals surface area contributed by atoms with Gasteiger partial charge in [0.05, 0.1) is 12.5 Å². The molecule has 2 rings (SSSR count). The molecule has 144 valence electrons. The number of carboxylic acid groups (broad SMARTS) is 1. The topological polar surface area (TPSA) is 75.6 Å².